The van der Waals surface area contributed by atoms with Crippen molar-refractivity contribution in [3.63, 3.8) is 0 Å². The van der Waals surface area contributed by atoms with E-state index in [9.17, 15) is 13.2 Å². The first-order valence-electron chi connectivity index (χ1n) is 10.1. The molecule has 0 aliphatic rings. The average Bonchev–Trinajstić information content (AvgIpc) is 2.93. The van der Waals surface area contributed by atoms with E-state index in [1.54, 1.807) is 45.2 Å². The number of sulfonamides is 1. The van der Waals surface area contributed by atoms with Crippen molar-refractivity contribution in [2.75, 3.05) is 16.2 Å². The maximum atomic E-state index is 13.8. The van der Waals surface area contributed by atoms with Crippen molar-refractivity contribution in [1.82, 2.24) is 9.78 Å². The standard InChI is InChI=1S/C23H27ClN4O3S/c1-14-7-8-21(20(24)12-14)25-22(29)13-28(19-10-15(2)9-16(3)11-19)32(30,31)23-17(4)26-27(6)18(23)5/h7-12H,13H2,1-6H3,(H,25,29). The molecular formula is C23H27ClN4O3S. The minimum absolute atomic E-state index is 0.0975. The molecule has 1 heterocycles. The smallest absolute Gasteiger partial charge is 0.268 e. The molecule has 0 saturated heterocycles. The van der Waals surface area contributed by atoms with Gasteiger partial charge >= 0.3 is 0 Å². The van der Waals surface area contributed by atoms with Gasteiger partial charge in [0, 0.05) is 7.05 Å². The Bertz CT molecular complexity index is 1280. The summed E-state index contributed by atoms with van der Waals surface area (Å²) >= 11 is 6.24. The number of amides is 1. The zero-order valence-corrected chi connectivity index (χ0v) is 20.6. The lowest BCUT2D eigenvalue weighted by Gasteiger charge is -2.25. The fourth-order valence-electron chi connectivity index (χ4n) is 3.69. The predicted molar refractivity (Wildman–Crippen MR) is 128 cm³/mol. The molecule has 3 aromatic rings. The summed E-state index contributed by atoms with van der Waals surface area (Å²) in [5.41, 5.74) is 4.45. The summed E-state index contributed by atoms with van der Waals surface area (Å²) < 4.78 is 30.2. The first-order chi connectivity index (χ1) is 14.9. The second-order valence-corrected chi connectivity index (χ2v) is 10.2. The van der Waals surface area contributed by atoms with Crippen LogP contribution in [0.1, 0.15) is 28.1 Å². The van der Waals surface area contributed by atoms with E-state index in [0.29, 0.717) is 27.8 Å². The number of aromatic nitrogens is 2. The Balaban J connectivity index is 2.06. The molecule has 0 aliphatic carbocycles. The van der Waals surface area contributed by atoms with Crippen LogP contribution in [0, 0.1) is 34.6 Å². The zero-order valence-electron chi connectivity index (χ0n) is 19.0. The van der Waals surface area contributed by atoms with Crippen molar-refractivity contribution in [3.8, 4) is 0 Å². The highest BCUT2D eigenvalue weighted by Crippen LogP contribution is 2.30. The number of anilines is 2. The minimum Gasteiger partial charge on any atom is -0.323 e. The normalized spacial score (nSPS) is 11.5. The fourth-order valence-corrected chi connectivity index (χ4v) is 5.78. The molecule has 0 aliphatic heterocycles. The second kappa shape index (κ2) is 8.96. The van der Waals surface area contributed by atoms with Crippen LogP contribution in [-0.2, 0) is 21.9 Å². The van der Waals surface area contributed by atoms with Gasteiger partial charge in [0.25, 0.3) is 10.0 Å². The molecule has 0 spiro atoms. The third-order valence-electron chi connectivity index (χ3n) is 5.17. The highest BCUT2D eigenvalue weighted by molar-refractivity contribution is 7.93. The lowest BCUT2D eigenvalue weighted by molar-refractivity contribution is -0.114. The number of carbonyl (C=O) groups is 1. The lowest BCUT2D eigenvalue weighted by atomic mass is 10.1. The predicted octanol–water partition coefficient (Wildman–Crippen LogP) is 4.45. The maximum Gasteiger partial charge on any atom is 0.268 e. The molecule has 1 amide bonds. The highest BCUT2D eigenvalue weighted by atomic mass is 35.5. The molecule has 0 unspecified atom stereocenters. The SMILES string of the molecule is Cc1cc(C)cc(N(CC(=O)Nc2ccc(C)cc2Cl)S(=O)(=O)c2c(C)nn(C)c2C)c1. The monoisotopic (exact) mass is 474 g/mol. The number of benzene rings is 2. The van der Waals surface area contributed by atoms with E-state index in [0.717, 1.165) is 21.0 Å². The molecule has 3 rings (SSSR count). The van der Waals surface area contributed by atoms with Crippen molar-refractivity contribution >= 4 is 38.9 Å². The lowest BCUT2D eigenvalue weighted by Crippen LogP contribution is -2.38. The van der Waals surface area contributed by atoms with Gasteiger partial charge in [-0.25, -0.2) is 8.42 Å². The Morgan fingerprint density at radius 1 is 1.03 bits per heavy atom. The van der Waals surface area contributed by atoms with Gasteiger partial charge in [-0.05, 0) is 75.6 Å². The molecule has 2 aromatic carbocycles. The topological polar surface area (TPSA) is 84.3 Å². The van der Waals surface area contributed by atoms with Gasteiger partial charge in [0.05, 0.1) is 27.8 Å². The van der Waals surface area contributed by atoms with Gasteiger partial charge < -0.3 is 5.32 Å². The van der Waals surface area contributed by atoms with Gasteiger partial charge in [-0.15, -0.1) is 0 Å². The van der Waals surface area contributed by atoms with Gasteiger partial charge in [0.2, 0.25) is 5.91 Å². The molecule has 170 valence electrons. The summed E-state index contributed by atoms with van der Waals surface area (Å²) in [4.78, 5) is 13.1. The van der Waals surface area contributed by atoms with Crippen LogP contribution >= 0.6 is 11.6 Å². The van der Waals surface area contributed by atoms with Gasteiger partial charge in [0.1, 0.15) is 11.4 Å². The van der Waals surface area contributed by atoms with Crippen LogP contribution in [0.4, 0.5) is 11.4 Å². The van der Waals surface area contributed by atoms with E-state index in [-0.39, 0.29) is 4.90 Å². The Morgan fingerprint density at radius 3 is 2.19 bits per heavy atom. The van der Waals surface area contributed by atoms with Crippen LogP contribution in [0.3, 0.4) is 0 Å². The van der Waals surface area contributed by atoms with Gasteiger partial charge in [-0.2, -0.15) is 5.10 Å². The molecule has 0 atom stereocenters. The molecular weight excluding hydrogens is 448 g/mol. The first kappa shape index (κ1) is 23.8. The van der Waals surface area contributed by atoms with Crippen LogP contribution in [0.25, 0.3) is 0 Å². The number of nitrogens with one attached hydrogen (secondary N) is 1. The minimum atomic E-state index is -4.08. The molecule has 32 heavy (non-hydrogen) atoms. The highest BCUT2D eigenvalue weighted by Gasteiger charge is 2.32. The number of hydrogen-bond donors (Lipinski definition) is 1. The van der Waals surface area contributed by atoms with Crippen molar-refractivity contribution < 1.29 is 13.2 Å². The van der Waals surface area contributed by atoms with E-state index in [2.05, 4.69) is 10.4 Å². The summed E-state index contributed by atoms with van der Waals surface area (Å²) in [6, 6.07) is 10.7. The van der Waals surface area contributed by atoms with E-state index < -0.39 is 22.5 Å². The summed E-state index contributed by atoms with van der Waals surface area (Å²) in [5.74, 6) is -0.502. The number of rotatable bonds is 6. The molecule has 9 heteroatoms. The Kier molecular flexibility index (Phi) is 6.67. The van der Waals surface area contributed by atoms with E-state index in [4.69, 9.17) is 11.6 Å². The van der Waals surface area contributed by atoms with Crippen molar-refractivity contribution in [2.45, 2.75) is 39.5 Å². The molecule has 1 aromatic heterocycles. The van der Waals surface area contributed by atoms with Crippen molar-refractivity contribution in [2.24, 2.45) is 7.05 Å². The largest absolute Gasteiger partial charge is 0.323 e. The van der Waals surface area contributed by atoms with Crippen LogP contribution in [0.2, 0.25) is 5.02 Å². The number of hydrogen-bond acceptors (Lipinski definition) is 4. The fraction of sp³-hybridized carbons (Fsp3) is 0.304. The van der Waals surface area contributed by atoms with Crippen LogP contribution < -0.4 is 9.62 Å². The van der Waals surface area contributed by atoms with Crippen molar-refractivity contribution in [3.05, 3.63) is 69.5 Å². The summed E-state index contributed by atoms with van der Waals surface area (Å²) in [6.07, 6.45) is 0. The van der Waals surface area contributed by atoms with Crippen LogP contribution in [0.5, 0.6) is 0 Å². The Morgan fingerprint density at radius 2 is 1.66 bits per heavy atom. The zero-order chi connectivity index (χ0) is 23.8. The maximum absolute atomic E-state index is 13.8. The molecule has 0 bridgehead atoms. The molecule has 0 fully saturated rings. The van der Waals surface area contributed by atoms with E-state index in [1.807, 2.05) is 32.9 Å². The quantitative estimate of drug-likeness (QED) is 0.572. The molecule has 0 radical (unpaired) electrons. The van der Waals surface area contributed by atoms with Gasteiger partial charge in [-0.3, -0.25) is 13.8 Å². The van der Waals surface area contributed by atoms with E-state index in [1.165, 1.54) is 4.68 Å². The third kappa shape index (κ3) is 4.81. The van der Waals surface area contributed by atoms with Crippen LogP contribution in [0.15, 0.2) is 41.3 Å². The van der Waals surface area contributed by atoms with Gasteiger partial charge in [-0.1, -0.05) is 23.7 Å². The summed E-state index contributed by atoms with van der Waals surface area (Å²) in [7, 11) is -2.39. The van der Waals surface area contributed by atoms with Gasteiger partial charge in [0.15, 0.2) is 0 Å². The number of halogens is 1. The first-order valence-corrected chi connectivity index (χ1v) is 11.9. The second-order valence-electron chi connectivity index (χ2n) is 8.01. The summed E-state index contributed by atoms with van der Waals surface area (Å²) in [5, 5.41) is 7.36. The number of nitrogens with zero attached hydrogens (tertiary/aromatic N) is 3. The number of aryl methyl sites for hydroxylation is 5. The summed E-state index contributed by atoms with van der Waals surface area (Å²) in [6.45, 7) is 8.58. The Hall–Kier alpha value is -2.84. The third-order valence-corrected chi connectivity index (χ3v) is 7.51. The molecule has 1 N–H and O–H groups in total. The Labute approximate surface area is 194 Å². The number of carbonyl (C=O) groups excluding carboxylic acids is 1. The molecule has 0 saturated carbocycles. The molecule has 7 nitrogen and oxygen atoms in total. The van der Waals surface area contributed by atoms with Crippen LogP contribution in [-0.4, -0.2) is 30.7 Å². The van der Waals surface area contributed by atoms with Crippen molar-refractivity contribution in [1.29, 1.82) is 0 Å². The van der Waals surface area contributed by atoms with E-state index >= 15 is 0 Å². The average molecular weight is 475 g/mol.